The molecule has 1 aliphatic rings. The normalized spacial score (nSPS) is 15.5. The van der Waals surface area contributed by atoms with Gasteiger partial charge in [-0.15, -0.1) is 0 Å². The van der Waals surface area contributed by atoms with E-state index in [1.165, 1.54) is 5.56 Å². The lowest BCUT2D eigenvalue weighted by molar-refractivity contribution is -0.138. The molecule has 1 atom stereocenters. The Balaban J connectivity index is 1.61. The van der Waals surface area contributed by atoms with E-state index in [1.54, 1.807) is 0 Å². The lowest BCUT2D eigenvalue weighted by atomic mass is 9.96. The topological polar surface area (TPSA) is 78.5 Å². The largest absolute Gasteiger partial charge is 0.485 e. The SMILES string of the molecule is CC(C)C(Oc1cccc2c1CCN(CC(=O)O)C2)c1ccc2[nH]ncc2c1. The molecule has 28 heavy (non-hydrogen) atoms. The molecule has 6 nitrogen and oxygen atoms in total. The fourth-order valence-electron chi connectivity index (χ4n) is 3.93. The Labute approximate surface area is 164 Å². The number of hydrogen-bond acceptors (Lipinski definition) is 4. The van der Waals surface area contributed by atoms with Crippen molar-refractivity contribution in [3.63, 3.8) is 0 Å². The molecule has 6 heteroatoms. The van der Waals surface area contributed by atoms with E-state index >= 15 is 0 Å². The average molecular weight is 379 g/mol. The molecule has 0 saturated carbocycles. The Morgan fingerprint density at radius 3 is 2.96 bits per heavy atom. The lowest BCUT2D eigenvalue weighted by Gasteiger charge is -2.30. The Bertz CT molecular complexity index is 996. The summed E-state index contributed by atoms with van der Waals surface area (Å²) in [7, 11) is 0. The summed E-state index contributed by atoms with van der Waals surface area (Å²) in [6, 6.07) is 12.4. The highest BCUT2D eigenvalue weighted by molar-refractivity contribution is 5.78. The molecule has 1 aliphatic heterocycles. The van der Waals surface area contributed by atoms with Crippen LogP contribution in [0.3, 0.4) is 0 Å². The van der Waals surface area contributed by atoms with Crippen molar-refractivity contribution >= 4 is 16.9 Å². The summed E-state index contributed by atoms with van der Waals surface area (Å²) < 4.78 is 6.54. The van der Waals surface area contributed by atoms with Gasteiger partial charge < -0.3 is 9.84 Å². The summed E-state index contributed by atoms with van der Waals surface area (Å²) in [5.74, 6) is 0.413. The van der Waals surface area contributed by atoms with Crippen LogP contribution in [0.4, 0.5) is 0 Å². The van der Waals surface area contributed by atoms with Crippen LogP contribution in [-0.4, -0.2) is 39.3 Å². The number of carboxylic acids is 1. The minimum Gasteiger partial charge on any atom is -0.485 e. The smallest absolute Gasteiger partial charge is 0.317 e. The number of ether oxygens (including phenoxy) is 1. The summed E-state index contributed by atoms with van der Waals surface area (Å²) in [6.45, 7) is 5.77. The zero-order chi connectivity index (χ0) is 19.7. The molecule has 2 aromatic carbocycles. The first kappa shape index (κ1) is 18.5. The highest BCUT2D eigenvalue weighted by Crippen LogP contribution is 2.34. The predicted molar refractivity (Wildman–Crippen MR) is 107 cm³/mol. The maximum Gasteiger partial charge on any atom is 0.317 e. The van der Waals surface area contributed by atoms with Crippen LogP contribution in [0, 0.1) is 5.92 Å². The van der Waals surface area contributed by atoms with Gasteiger partial charge in [0.2, 0.25) is 0 Å². The third-order valence-electron chi connectivity index (χ3n) is 5.31. The quantitative estimate of drug-likeness (QED) is 0.681. The second kappa shape index (κ2) is 7.64. The first-order valence-corrected chi connectivity index (χ1v) is 9.66. The zero-order valence-electron chi connectivity index (χ0n) is 16.2. The van der Waals surface area contributed by atoms with Crippen LogP contribution in [0.1, 0.15) is 36.6 Å². The second-order valence-electron chi connectivity index (χ2n) is 7.75. The monoisotopic (exact) mass is 379 g/mol. The standard InChI is InChI=1S/C22H25N3O3/c1-14(2)22(15-6-7-19-17(10-15)11-23-24-19)28-20-5-3-4-16-12-25(13-21(26)27)9-8-18(16)20/h3-7,10-11,14,22H,8-9,12-13H2,1-2H3,(H,23,24)(H,26,27). The van der Waals surface area contributed by atoms with Gasteiger partial charge in [-0.25, -0.2) is 0 Å². The van der Waals surface area contributed by atoms with Crippen LogP contribution in [0.25, 0.3) is 10.9 Å². The number of aromatic nitrogens is 2. The van der Waals surface area contributed by atoms with Crippen molar-refractivity contribution in [2.45, 2.75) is 32.9 Å². The fraction of sp³-hybridized carbons (Fsp3) is 0.364. The molecule has 0 aliphatic carbocycles. The van der Waals surface area contributed by atoms with Crippen LogP contribution in [0.5, 0.6) is 5.75 Å². The number of benzene rings is 2. The van der Waals surface area contributed by atoms with Gasteiger partial charge in [-0.1, -0.05) is 32.0 Å². The molecule has 1 aromatic heterocycles. The molecule has 2 N–H and O–H groups in total. The third kappa shape index (κ3) is 3.73. The highest BCUT2D eigenvalue weighted by atomic mass is 16.5. The number of nitrogens with zero attached hydrogens (tertiary/aromatic N) is 2. The van der Waals surface area contributed by atoms with E-state index in [9.17, 15) is 4.79 Å². The Morgan fingerprint density at radius 2 is 2.18 bits per heavy atom. The number of carbonyl (C=O) groups is 1. The fourth-order valence-corrected chi connectivity index (χ4v) is 3.93. The van der Waals surface area contributed by atoms with Crippen molar-refractivity contribution in [3.8, 4) is 5.75 Å². The number of rotatable bonds is 6. The number of hydrogen-bond donors (Lipinski definition) is 2. The van der Waals surface area contributed by atoms with E-state index in [-0.39, 0.29) is 12.6 Å². The number of aliphatic carboxylic acids is 1. The maximum absolute atomic E-state index is 11.0. The van der Waals surface area contributed by atoms with Gasteiger partial charge in [0.1, 0.15) is 11.9 Å². The van der Waals surface area contributed by atoms with Crippen molar-refractivity contribution < 1.29 is 14.6 Å². The van der Waals surface area contributed by atoms with E-state index < -0.39 is 5.97 Å². The van der Waals surface area contributed by atoms with Gasteiger partial charge in [-0.2, -0.15) is 5.10 Å². The Morgan fingerprint density at radius 1 is 1.32 bits per heavy atom. The number of carboxylic acid groups (broad SMARTS) is 1. The minimum absolute atomic E-state index is 0.0668. The van der Waals surface area contributed by atoms with Gasteiger partial charge in [0.25, 0.3) is 0 Å². The molecular formula is C22H25N3O3. The molecule has 0 radical (unpaired) electrons. The molecule has 3 aromatic rings. The highest BCUT2D eigenvalue weighted by Gasteiger charge is 2.24. The third-order valence-corrected chi connectivity index (χ3v) is 5.31. The molecule has 146 valence electrons. The van der Waals surface area contributed by atoms with Gasteiger partial charge >= 0.3 is 5.97 Å². The van der Waals surface area contributed by atoms with E-state index in [2.05, 4.69) is 42.2 Å². The minimum atomic E-state index is -0.787. The van der Waals surface area contributed by atoms with Crippen molar-refractivity contribution in [1.29, 1.82) is 0 Å². The lowest BCUT2D eigenvalue weighted by Crippen LogP contribution is -2.35. The van der Waals surface area contributed by atoms with Crippen molar-refractivity contribution in [2.24, 2.45) is 5.92 Å². The van der Waals surface area contributed by atoms with Gasteiger partial charge in [0, 0.05) is 18.5 Å². The molecular weight excluding hydrogens is 354 g/mol. The van der Waals surface area contributed by atoms with Gasteiger partial charge in [0.05, 0.1) is 18.3 Å². The molecule has 0 fully saturated rings. The number of aromatic amines is 1. The molecule has 0 amide bonds. The summed E-state index contributed by atoms with van der Waals surface area (Å²) in [5, 5.41) is 17.2. The van der Waals surface area contributed by atoms with Crippen LogP contribution in [0.2, 0.25) is 0 Å². The molecule has 0 bridgehead atoms. The molecule has 2 heterocycles. The first-order chi connectivity index (χ1) is 13.5. The molecule has 1 unspecified atom stereocenters. The molecule has 0 spiro atoms. The zero-order valence-corrected chi connectivity index (χ0v) is 16.2. The van der Waals surface area contributed by atoms with Gasteiger partial charge in [0.15, 0.2) is 0 Å². The summed E-state index contributed by atoms with van der Waals surface area (Å²) >= 11 is 0. The second-order valence-corrected chi connectivity index (χ2v) is 7.75. The summed E-state index contributed by atoms with van der Waals surface area (Å²) in [6.07, 6.45) is 2.56. The van der Waals surface area contributed by atoms with Crippen molar-refractivity contribution in [3.05, 3.63) is 59.3 Å². The van der Waals surface area contributed by atoms with Crippen molar-refractivity contribution in [1.82, 2.24) is 15.1 Å². The number of H-pyrrole nitrogens is 1. The molecule has 4 rings (SSSR count). The van der Waals surface area contributed by atoms with Crippen LogP contribution in [0.15, 0.2) is 42.6 Å². The van der Waals surface area contributed by atoms with Crippen LogP contribution >= 0.6 is 0 Å². The first-order valence-electron chi connectivity index (χ1n) is 9.66. The van der Waals surface area contributed by atoms with E-state index in [0.29, 0.717) is 12.5 Å². The maximum atomic E-state index is 11.0. The van der Waals surface area contributed by atoms with E-state index in [4.69, 9.17) is 9.84 Å². The van der Waals surface area contributed by atoms with Gasteiger partial charge in [-0.05, 0) is 47.2 Å². The van der Waals surface area contributed by atoms with Crippen molar-refractivity contribution in [2.75, 3.05) is 13.1 Å². The Hall–Kier alpha value is -2.86. The Kier molecular flexibility index (Phi) is 5.05. The van der Waals surface area contributed by atoms with Crippen LogP contribution < -0.4 is 4.74 Å². The summed E-state index contributed by atoms with van der Waals surface area (Å²) in [4.78, 5) is 13.0. The van der Waals surface area contributed by atoms with E-state index in [0.717, 1.165) is 40.7 Å². The number of fused-ring (bicyclic) bond motifs is 2. The molecule has 0 saturated heterocycles. The van der Waals surface area contributed by atoms with E-state index in [1.807, 2.05) is 29.3 Å². The van der Waals surface area contributed by atoms with Gasteiger partial charge in [-0.3, -0.25) is 14.8 Å². The number of nitrogens with one attached hydrogen (secondary N) is 1. The predicted octanol–water partition coefficient (Wildman–Crippen LogP) is 3.78. The average Bonchev–Trinajstić information content (AvgIpc) is 3.13. The van der Waals surface area contributed by atoms with Crippen LogP contribution in [-0.2, 0) is 17.8 Å². The summed E-state index contributed by atoms with van der Waals surface area (Å²) in [5.41, 5.74) is 4.49.